The molecule has 2 aromatic heterocycles. The van der Waals surface area contributed by atoms with Crippen molar-refractivity contribution in [2.24, 2.45) is 0 Å². The number of rotatable bonds is 3. The number of hydrogen-bond acceptors (Lipinski definition) is 5. The molecule has 0 saturated heterocycles. The van der Waals surface area contributed by atoms with Gasteiger partial charge in [0.05, 0.1) is 24.0 Å². The average Bonchev–Trinajstić information content (AvgIpc) is 3.39. The van der Waals surface area contributed by atoms with E-state index >= 15 is 0 Å². The minimum atomic E-state index is -0.424. The molecule has 1 aromatic carbocycles. The molecule has 0 radical (unpaired) electrons. The average molecular weight is 380 g/mol. The molecule has 6 heteroatoms. The van der Waals surface area contributed by atoms with E-state index in [9.17, 15) is 9.59 Å². The van der Waals surface area contributed by atoms with Crippen LogP contribution in [0.25, 0.3) is 0 Å². The van der Waals surface area contributed by atoms with Crippen LogP contribution < -0.4 is 4.90 Å². The summed E-state index contributed by atoms with van der Waals surface area (Å²) in [6, 6.07) is 13.8. The predicted molar refractivity (Wildman–Crippen MR) is 104 cm³/mol. The maximum atomic E-state index is 12.6. The number of para-hydroxylation sites is 1. The van der Waals surface area contributed by atoms with Gasteiger partial charge in [0.15, 0.2) is 0 Å². The number of nitrogens with zero attached hydrogens (tertiary/aromatic N) is 2. The normalized spacial score (nSPS) is 19.7. The van der Waals surface area contributed by atoms with Gasteiger partial charge in [-0.15, -0.1) is 22.7 Å². The number of ketones is 1. The third-order valence-corrected chi connectivity index (χ3v) is 7.00. The van der Waals surface area contributed by atoms with E-state index in [1.165, 1.54) is 15.3 Å². The maximum Gasteiger partial charge on any atom is 0.300 e. The molecular formula is C20H16N2O2S2. The van der Waals surface area contributed by atoms with Crippen LogP contribution in [-0.4, -0.2) is 29.8 Å². The third kappa shape index (κ3) is 2.37. The molecule has 2 aliphatic rings. The van der Waals surface area contributed by atoms with Crippen molar-refractivity contribution in [1.82, 2.24) is 4.90 Å². The molecule has 0 fully saturated rings. The van der Waals surface area contributed by atoms with E-state index in [1.807, 2.05) is 12.1 Å². The second-order valence-electron chi connectivity index (χ2n) is 6.50. The van der Waals surface area contributed by atoms with E-state index in [0.717, 1.165) is 18.7 Å². The van der Waals surface area contributed by atoms with Crippen molar-refractivity contribution < 1.29 is 9.59 Å². The first-order chi connectivity index (χ1) is 12.7. The lowest BCUT2D eigenvalue weighted by molar-refractivity contribution is -0.114. The molecule has 0 spiro atoms. The summed E-state index contributed by atoms with van der Waals surface area (Å²) in [5.41, 5.74) is 2.57. The molecule has 1 amide bonds. The summed E-state index contributed by atoms with van der Waals surface area (Å²) >= 11 is 3.54. The van der Waals surface area contributed by atoms with Crippen LogP contribution in [0, 0.1) is 0 Å². The molecule has 4 nitrogen and oxygen atoms in total. The van der Waals surface area contributed by atoms with Gasteiger partial charge in [0.1, 0.15) is 0 Å². The van der Waals surface area contributed by atoms with Crippen molar-refractivity contribution >= 4 is 40.1 Å². The number of amides is 1. The summed E-state index contributed by atoms with van der Waals surface area (Å²) in [5, 5.41) is 4.24. The fourth-order valence-corrected chi connectivity index (χ4v) is 5.65. The maximum absolute atomic E-state index is 12.6. The minimum absolute atomic E-state index is 0.140. The zero-order valence-electron chi connectivity index (χ0n) is 13.9. The van der Waals surface area contributed by atoms with Gasteiger partial charge in [0.25, 0.3) is 5.78 Å². The van der Waals surface area contributed by atoms with Crippen LogP contribution in [0.4, 0.5) is 5.69 Å². The Morgan fingerprint density at radius 2 is 1.88 bits per heavy atom. The predicted octanol–water partition coefficient (Wildman–Crippen LogP) is 3.94. The Morgan fingerprint density at radius 3 is 2.73 bits per heavy atom. The van der Waals surface area contributed by atoms with Gasteiger partial charge in [-0.25, -0.2) is 0 Å². The van der Waals surface area contributed by atoms with Crippen molar-refractivity contribution in [2.75, 3.05) is 18.1 Å². The highest BCUT2D eigenvalue weighted by atomic mass is 32.1. The van der Waals surface area contributed by atoms with Gasteiger partial charge in [-0.05, 0) is 47.0 Å². The summed E-state index contributed by atoms with van der Waals surface area (Å²) in [4.78, 5) is 31.5. The summed E-state index contributed by atoms with van der Waals surface area (Å²) in [7, 11) is 0. The number of carbonyl (C=O) groups excluding carboxylic acids is 2. The first kappa shape index (κ1) is 15.9. The largest absolute Gasteiger partial charge is 0.300 e. The second kappa shape index (κ2) is 6.16. The Kier molecular flexibility index (Phi) is 3.77. The summed E-state index contributed by atoms with van der Waals surface area (Å²) in [6.45, 7) is 1.30. The van der Waals surface area contributed by atoms with E-state index < -0.39 is 11.7 Å². The Hall–Kier alpha value is -2.28. The number of benzene rings is 1. The molecule has 0 aliphatic carbocycles. The topological polar surface area (TPSA) is 40.6 Å². The van der Waals surface area contributed by atoms with Crippen molar-refractivity contribution in [3.63, 3.8) is 0 Å². The Morgan fingerprint density at radius 1 is 1.00 bits per heavy atom. The number of hydrogen-bond donors (Lipinski definition) is 0. The number of Topliss-reactive ketones (excluding diaryl/α,β-unsaturated/α-hetero) is 1. The summed E-state index contributed by atoms with van der Waals surface area (Å²) in [6.07, 6.45) is 0.979. The highest BCUT2D eigenvalue weighted by Crippen LogP contribution is 2.40. The molecule has 2 aliphatic heterocycles. The van der Waals surface area contributed by atoms with Crippen LogP contribution >= 0.6 is 22.7 Å². The van der Waals surface area contributed by atoms with E-state index in [1.54, 1.807) is 39.7 Å². The van der Waals surface area contributed by atoms with Crippen LogP contribution in [0.5, 0.6) is 0 Å². The van der Waals surface area contributed by atoms with Crippen LogP contribution in [0.3, 0.4) is 0 Å². The molecule has 26 heavy (non-hydrogen) atoms. The molecule has 5 rings (SSSR count). The molecule has 0 N–H and O–H groups in total. The van der Waals surface area contributed by atoms with Crippen molar-refractivity contribution in [1.29, 1.82) is 0 Å². The molecule has 0 saturated carbocycles. The fourth-order valence-electron chi connectivity index (χ4n) is 3.87. The quantitative estimate of drug-likeness (QED) is 0.646. The minimum Gasteiger partial charge on any atom is -0.291 e. The monoisotopic (exact) mass is 380 g/mol. The number of anilines is 1. The van der Waals surface area contributed by atoms with Crippen LogP contribution in [-0.2, 0) is 11.2 Å². The molecule has 3 aromatic rings. The Bertz CT molecular complexity index is 993. The van der Waals surface area contributed by atoms with E-state index in [2.05, 4.69) is 33.9 Å². The third-order valence-electron chi connectivity index (χ3n) is 5.08. The molecule has 1 atom stereocenters. The number of thiophene rings is 2. The molecule has 0 bridgehead atoms. The Labute approximate surface area is 159 Å². The lowest BCUT2D eigenvalue weighted by Crippen LogP contribution is -2.45. The van der Waals surface area contributed by atoms with Crippen LogP contribution in [0.1, 0.15) is 31.7 Å². The first-order valence-electron chi connectivity index (χ1n) is 8.53. The standard InChI is InChI=1S/C20H16N2O2S2/c23-19-13-4-1-2-5-15(13)22(20(19)24)12-21-9-7-16-14(8-11-26-16)18(21)17-6-3-10-25-17/h1-6,8,10-11,18H,7,9,12H2/t18-/m1/s1. The van der Waals surface area contributed by atoms with E-state index in [-0.39, 0.29) is 6.04 Å². The smallest absolute Gasteiger partial charge is 0.291 e. The van der Waals surface area contributed by atoms with Gasteiger partial charge < -0.3 is 0 Å². The highest BCUT2D eigenvalue weighted by Gasteiger charge is 2.39. The van der Waals surface area contributed by atoms with E-state index in [4.69, 9.17) is 0 Å². The zero-order chi connectivity index (χ0) is 17.7. The lowest BCUT2D eigenvalue weighted by Gasteiger charge is -2.37. The van der Waals surface area contributed by atoms with Crippen molar-refractivity contribution in [2.45, 2.75) is 12.5 Å². The van der Waals surface area contributed by atoms with Gasteiger partial charge in [0.2, 0.25) is 0 Å². The van der Waals surface area contributed by atoms with Crippen molar-refractivity contribution in [3.8, 4) is 0 Å². The summed E-state index contributed by atoms with van der Waals surface area (Å²) in [5.74, 6) is -0.825. The number of carbonyl (C=O) groups is 2. The molecule has 4 heterocycles. The van der Waals surface area contributed by atoms with E-state index in [0.29, 0.717) is 12.2 Å². The SMILES string of the molecule is O=C1C(=O)N(CN2CCc3sccc3[C@@H]2c2cccs2)c2ccccc21. The first-order valence-corrected chi connectivity index (χ1v) is 10.3. The van der Waals surface area contributed by atoms with Gasteiger partial charge in [-0.1, -0.05) is 18.2 Å². The fraction of sp³-hybridized carbons (Fsp3) is 0.200. The van der Waals surface area contributed by atoms with Gasteiger partial charge >= 0.3 is 5.91 Å². The zero-order valence-corrected chi connectivity index (χ0v) is 15.6. The molecular weight excluding hydrogens is 364 g/mol. The van der Waals surface area contributed by atoms with Gasteiger partial charge in [-0.2, -0.15) is 0 Å². The van der Waals surface area contributed by atoms with Crippen LogP contribution in [0.15, 0.2) is 53.2 Å². The summed E-state index contributed by atoms with van der Waals surface area (Å²) < 4.78 is 0. The van der Waals surface area contributed by atoms with Gasteiger partial charge in [0, 0.05) is 16.3 Å². The number of fused-ring (bicyclic) bond motifs is 2. The van der Waals surface area contributed by atoms with Crippen LogP contribution in [0.2, 0.25) is 0 Å². The second-order valence-corrected chi connectivity index (χ2v) is 8.48. The lowest BCUT2D eigenvalue weighted by atomic mass is 9.99. The van der Waals surface area contributed by atoms with Crippen molar-refractivity contribution in [3.05, 3.63) is 74.1 Å². The molecule has 130 valence electrons. The Balaban J connectivity index is 1.52. The van der Waals surface area contributed by atoms with Gasteiger partial charge in [-0.3, -0.25) is 19.4 Å². The molecule has 0 unspecified atom stereocenters. The highest BCUT2D eigenvalue weighted by molar-refractivity contribution is 7.10.